The lowest BCUT2D eigenvalue weighted by atomic mass is 9.80. The summed E-state index contributed by atoms with van der Waals surface area (Å²) in [5, 5.41) is 14.2. The van der Waals surface area contributed by atoms with E-state index in [0.717, 1.165) is 4.31 Å². The van der Waals surface area contributed by atoms with E-state index in [1.54, 1.807) is 13.8 Å². The summed E-state index contributed by atoms with van der Waals surface area (Å²) in [6, 6.07) is 0. The Hall–Kier alpha value is -1.35. The van der Waals surface area contributed by atoms with Gasteiger partial charge in [0.2, 0.25) is 15.9 Å². The van der Waals surface area contributed by atoms with Crippen molar-refractivity contribution in [1.82, 2.24) is 9.62 Å². The third-order valence-electron chi connectivity index (χ3n) is 3.44. The van der Waals surface area contributed by atoms with E-state index in [4.69, 9.17) is 10.9 Å². The summed E-state index contributed by atoms with van der Waals surface area (Å²) >= 11 is 0. The standard InChI is InChI=1S/C11H24N4O4S/c1-5-11(6-2,9(12)14-17)10(16)13-7-8-20(18,19)15(3)4/h17H,5-8H2,1-4H3,(H2,12,14)(H,13,16). The smallest absolute Gasteiger partial charge is 0.233 e. The van der Waals surface area contributed by atoms with Crippen LogP contribution < -0.4 is 11.1 Å². The molecule has 0 rings (SSSR count). The molecule has 0 aromatic carbocycles. The number of rotatable bonds is 8. The third-order valence-corrected chi connectivity index (χ3v) is 5.27. The second kappa shape index (κ2) is 7.44. The summed E-state index contributed by atoms with van der Waals surface area (Å²) in [5.74, 6) is -0.812. The van der Waals surface area contributed by atoms with Gasteiger partial charge >= 0.3 is 0 Å². The van der Waals surface area contributed by atoms with Crippen LogP contribution in [0.25, 0.3) is 0 Å². The fourth-order valence-electron chi connectivity index (χ4n) is 1.79. The van der Waals surface area contributed by atoms with Gasteiger partial charge in [0.1, 0.15) is 5.41 Å². The van der Waals surface area contributed by atoms with Crippen molar-refractivity contribution in [2.75, 3.05) is 26.4 Å². The number of carbonyl (C=O) groups excluding carboxylic acids is 1. The Morgan fingerprint density at radius 1 is 1.35 bits per heavy atom. The fourth-order valence-corrected chi connectivity index (χ4v) is 2.52. The van der Waals surface area contributed by atoms with Crippen LogP contribution in [-0.2, 0) is 14.8 Å². The zero-order valence-electron chi connectivity index (χ0n) is 12.4. The third kappa shape index (κ3) is 4.07. The minimum atomic E-state index is -3.37. The molecule has 0 radical (unpaired) electrons. The molecular formula is C11H24N4O4S. The van der Waals surface area contributed by atoms with E-state index in [0.29, 0.717) is 12.8 Å². The highest BCUT2D eigenvalue weighted by Crippen LogP contribution is 2.26. The highest BCUT2D eigenvalue weighted by molar-refractivity contribution is 7.89. The van der Waals surface area contributed by atoms with Crippen molar-refractivity contribution in [2.45, 2.75) is 26.7 Å². The van der Waals surface area contributed by atoms with Gasteiger partial charge < -0.3 is 16.3 Å². The van der Waals surface area contributed by atoms with Gasteiger partial charge in [0, 0.05) is 20.6 Å². The molecule has 0 aromatic heterocycles. The Kier molecular flexibility index (Phi) is 6.94. The Bertz CT molecular complexity index is 455. The molecular weight excluding hydrogens is 284 g/mol. The number of oxime groups is 1. The largest absolute Gasteiger partial charge is 0.409 e. The lowest BCUT2D eigenvalue weighted by Gasteiger charge is -2.28. The molecule has 0 unspecified atom stereocenters. The first-order valence-electron chi connectivity index (χ1n) is 6.34. The number of nitrogens with zero attached hydrogens (tertiary/aromatic N) is 2. The van der Waals surface area contributed by atoms with Crippen molar-refractivity contribution < 1.29 is 18.4 Å². The summed E-state index contributed by atoms with van der Waals surface area (Å²) in [6.07, 6.45) is 0.706. The van der Waals surface area contributed by atoms with Gasteiger partial charge in [-0.25, -0.2) is 12.7 Å². The van der Waals surface area contributed by atoms with Gasteiger partial charge in [-0.15, -0.1) is 0 Å². The molecule has 0 aliphatic heterocycles. The summed E-state index contributed by atoms with van der Waals surface area (Å²) < 4.78 is 24.2. The molecule has 8 nitrogen and oxygen atoms in total. The van der Waals surface area contributed by atoms with E-state index < -0.39 is 21.3 Å². The summed E-state index contributed by atoms with van der Waals surface area (Å²) in [6.45, 7) is 3.47. The van der Waals surface area contributed by atoms with Crippen LogP contribution in [0.2, 0.25) is 0 Å². The molecule has 118 valence electrons. The molecule has 0 heterocycles. The van der Waals surface area contributed by atoms with Crippen LogP contribution in [0.15, 0.2) is 5.16 Å². The maximum absolute atomic E-state index is 12.2. The molecule has 0 atom stereocenters. The summed E-state index contributed by atoms with van der Waals surface area (Å²) in [7, 11) is -0.518. The predicted molar refractivity (Wildman–Crippen MR) is 76.9 cm³/mol. The van der Waals surface area contributed by atoms with Crippen molar-refractivity contribution in [3.63, 3.8) is 0 Å². The second-order valence-electron chi connectivity index (χ2n) is 4.63. The van der Waals surface area contributed by atoms with Crippen LogP contribution in [0.3, 0.4) is 0 Å². The molecule has 0 bridgehead atoms. The molecule has 9 heteroatoms. The first kappa shape index (κ1) is 18.7. The van der Waals surface area contributed by atoms with Gasteiger partial charge in [0.25, 0.3) is 0 Å². The number of nitrogens with one attached hydrogen (secondary N) is 1. The molecule has 0 aliphatic carbocycles. The SMILES string of the molecule is CCC(CC)(C(=O)NCCS(=O)(=O)N(C)C)C(N)=NO. The van der Waals surface area contributed by atoms with E-state index >= 15 is 0 Å². The van der Waals surface area contributed by atoms with Crippen LogP contribution in [0.1, 0.15) is 26.7 Å². The molecule has 4 N–H and O–H groups in total. The zero-order chi connectivity index (χ0) is 16.0. The lowest BCUT2D eigenvalue weighted by Crippen LogP contribution is -2.50. The minimum absolute atomic E-state index is 0.0280. The summed E-state index contributed by atoms with van der Waals surface area (Å²) in [4.78, 5) is 12.2. The van der Waals surface area contributed by atoms with E-state index in [-0.39, 0.29) is 18.1 Å². The van der Waals surface area contributed by atoms with Crippen LogP contribution in [0, 0.1) is 5.41 Å². The van der Waals surface area contributed by atoms with E-state index in [9.17, 15) is 13.2 Å². The molecule has 1 amide bonds. The maximum atomic E-state index is 12.2. The average Bonchev–Trinajstić information content (AvgIpc) is 2.39. The van der Waals surface area contributed by atoms with Crippen LogP contribution in [0.5, 0.6) is 0 Å². The predicted octanol–water partition coefficient (Wildman–Crippen LogP) is -0.453. The maximum Gasteiger partial charge on any atom is 0.233 e. The monoisotopic (exact) mass is 308 g/mol. The van der Waals surface area contributed by atoms with Crippen molar-refractivity contribution in [2.24, 2.45) is 16.3 Å². The van der Waals surface area contributed by atoms with Gasteiger partial charge in [-0.2, -0.15) is 0 Å². The summed E-state index contributed by atoms with van der Waals surface area (Å²) in [5.41, 5.74) is 4.48. The first-order valence-corrected chi connectivity index (χ1v) is 7.95. The average molecular weight is 308 g/mol. The molecule has 0 aromatic rings. The van der Waals surface area contributed by atoms with E-state index in [1.165, 1.54) is 14.1 Å². The fraction of sp³-hybridized carbons (Fsp3) is 0.818. The van der Waals surface area contributed by atoms with E-state index in [2.05, 4.69) is 10.5 Å². The molecule has 0 saturated heterocycles. The minimum Gasteiger partial charge on any atom is -0.409 e. The van der Waals surface area contributed by atoms with Crippen LogP contribution in [-0.4, -0.2) is 56.1 Å². The topological polar surface area (TPSA) is 125 Å². The Morgan fingerprint density at radius 2 is 1.85 bits per heavy atom. The van der Waals surface area contributed by atoms with Crippen molar-refractivity contribution >= 4 is 21.8 Å². The number of amides is 1. The number of sulfonamides is 1. The van der Waals surface area contributed by atoms with Crippen LogP contribution in [0.4, 0.5) is 0 Å². The van der Waals surface area contributed by atoms with Gasteiger partial charge in [0.05, 0.1) is 5.75 Å². The molecule has 0 aliphatic rings. The molecule has 0 saturated carbocycles. The second-order valence-corrected chi connectivity index (χ2v) is 6.93. The van der Waals surface area contributed by atoms with Crippen molar-refractivity contribution in [3.05, 3.63) is 0 Å². The zero-order valence-corrected chi connectivity index (χ0v) is 13.2. The number of nitrogens with two attached hydrogens (primary N) is 1. The highest BCUT2D eigenvalue weighted by Gasteiger charge is 2.39. The number of amidine groups is 1. The van der Waals surface area contributed by atoms with Gasteiger partial charge in [-0.1, -0.05) is 19.0 Å². The van der Waals surface area contributed by atoms with Gasteiger partial charge in [-0.3, -0.25) is 4.79 Å². The lowest BCUT2D eigenvalue weighted by molar-refractivity contribution is -0.127. The van der Waals surface area contributed by atoms with Crippen molar-refractivity contribution in [3.8, 4) is 0 Å². The van der Waals surface area contributed by atoms with Gasteiger partial charge in [0.15, 0.2) is 5.84 Å². The Balaban J connectivity index is 4.83. The molecule has 20 heavy (non-hydrogen) atoms. The molecule has 0 spiro atoms. The quantitative estimate of drug-likeness (QED) is 0.242. The van der Waals surface area contributed by atoms with Crippen molar-refractivity contribution in [1.29, 1.82) is 0 Å². The highest BCUT2D eigenvalue weighted by atomic mass is 32.2. The number of hydrogen-bond donors (Lipinski definition) is 3. The van der Waals surface area contributed by atoms with Crippen LogP contribution >= 0.6 is 0 Å². The normalized spacial score (nSPS) is 13.6. The van der Waals surface area contributed by atoms with Gasteiger partial charge in [-0.05, 0) is 12.8 Å². The number of carbonyl (C=O) groups is 1. The van der Waals surface area contributed by atoms with E-state index in [1.807, 2.05) is 0 Å². The molecule has 0 fully saturated rings. The number of hydrogen-bond acceptors (Lipinski definition) is 5. The Morgan fingerprint density at radius 3 is 2.20 bits per heavy atom. The Labute approximate surface area is 120 Å². The first-order chi connectivity index (χ1) is 9.17.